The van der Waals surface area contributed by atoms with Gasteiger partial charge in [-0.05, 0) is 12.1 Å². The molecule has 14 heavy (non-hydrogen) atoms. The maximum absolute atomic E-state index is 5.58. The van der Waals surface area contributed by atoms with Gasteiger partial charge in [-0.25, -0.2) is 0 Å². The second-order valence-corrected chi connectivity index (χ2v) is 2.97. The molecule has 0 amide bonds. The molecule has 1 N–H and O–H groups in total. The van der Waals surface area contributed by atoms with Gasteiger partial charge in [0.2, 0.25) is 0 Å². The van der Waals surface area contributed by atoms with Crippen LogP contribution in [0.1, 0.15) is 5.69 Å². The smallest absolute Gasteiger partial charge is 0.151 e. The molecule has 0 fully saturated rings. The van der Waals surface area contributed by atoms with E-state index in [1.807, 2.05) is 0 Å². The van der Waals surface area contributed by atoms with Crippen LogP contribution < -0.4 is 5.32 Å². The van der Waals surface area contributed by atoms with E-state index in [1.165, 1.54) is 6.26 Å². The summed E-state index contributed by atoms with van der Waals surface area (Å²) in [5, 5.41) is 14.6. The van der Waals surface area contributed by atoms with Crippen molar-refractivity contribution in [1.29, 1.82) is 0 Å². The van der Waals surface area contributed by atoms with Gasteiger partial charge in [0.1, 0.15) is 17.8 Å². The minimum atomic E-state index is 0.372. The van der Waals surface area contributed by atoms with Crippen molar-refractivity contribution in [3.63, 3.8) is 0 Å². The van der Waals surface area contributed by atoms with Crippen LogP contribution in [0.4, 0.5) is 5.82 Å². The van der Waals surface area contributed by atoms with E-state index in [0.29, 0.717) is 17.5 Å². The predicted molar refractivity (Wildman–Crippen MR) is 50.9 cm³/mol. The monoisotopic (exact) mass is 210 g/mol. The van der Waals surface area contributed by atoms with Crippen molar-refractivity contribution in [3.05, 3.63) is 35.3 Å². The Morgan fingerprint density at radius 3 is 2.86 bits per heavy atom. The average Bonchev–Trinajstić information content (AvgIpc) is 2.70. The van der Waals surface area contributed by atoms with Crippen LogP contribution in [0.5, 0.6) is 0 Å². The molecular weight excluding hydrogens is 204 g/mol. The van der Waals surface area contributed by atoms with Gasteiger partial charge < -0.3 is 9.84 Å². The number of nitrogens with one attached hydrogen (secondary N) is 1. The summed E-state index contributed by atoms with van der Waals surface area (Å²) in [4.78, 5) is 0. The Hall–Kier alpha value is -1.62. The molecule has 2 rings (SSSR count). The van der Waals surface area contributed by atoms with Gasteiger partial charge in [-0.1, -0.05) is 16.8 Å². The fraction of sp³-hybridized carbons (Fsp3) is 0.125. The van der Waals surface area contributed by atoms with E-state index in [1.54, 1.807) is 18.2 Å². The zero-order chi connectivity index (χ0) is 9.80. The lowest BCUT2D eigenvalue weighted by atomic mass is 10.4. The summed E-state index contributed by atoms with van der Waals surface area (Å²) in [5.41, 5.74) is 0.807. The number of hydrogen-bond acceptors (Lipinski definition) is 5. The van der Waals surface area contributed by atoms with Gasteiger partial charge in [0, 0.05) is 6.07 Å². The number of nitrogens with zero attached hydrogens (tertiary/aromatic N) is 3. The normalized spacial score (nSPS) is 10.1. The fourth-order valence-electron chi connectivity index (χ4n) is 0.920. The quantitative estimate of drug-likeness (QED) is 0.836. The molecule has 0 atom stereocenters. The molecule has 0 bridgehead atoms. The zero-order valence-electron chi connectivity index (χ0n) is 7.14. The number of rotatable bonds is 3. The molecule has 5 nitrogen and oxygen atoms in total. The minimum absolute atomic E-state index is 0.372. The molecule has 2 aromatic heterocycles. The Morgan fingerprint density at radius 2 is 2.21 bits per heavy atom. The molecule has 0 spiro atoms. The molecule has 0 unspecified atom stereocenters. The number of halogens is 1. The fourth-order valence-corrected chi connectivity index (χ4v) is 1.02. The lowest BCUT2D eigenvalue weighted by Crippen LogP contribution is -2.02. The first-order chi connectivity index (χ1) is 6.84. The maximum Gasteiger partial charge on any atom is 0.151 e. The van der Waals surface area contributed by atoms with Crippen LogP contribution in [0.3, 0.4) is 0 Å². The molecule has 2 heterocycles. The van der Waals surface area contributed by atoms with Crippen molar-refractivity contribution in [2.75, 3.05) is 5.32 Å². The Bertz CT molecular complexity index is 386. The van der Waals surface area contributed by atoms with Crippen molar-refractivity contribution in [2.45, 2.75) is 6.54 Å². The molecule has 72 valence electrons. The Balaban J connectivity index is 1.95. The first-order valence-electron chi connectivity index (χ1n) is 3.97. The molecule has 0 saturated heterocycles. The van der Waals surface area contributed by atoms with Gasteiger partial charge in [0.15, 0.2) is 5.15 Å². The molecule has 0 radical (unpaired) electrons. The van der Waals surface area contributed by atoms with E-state index in [0.717, 1.165) is 5.69 Å². The maximum atomic E-state index is 5.58. The third-order valence-corrected chi connectivity index (χ3v) is 1.78. The van der Waals surface area contributed by atoms with Crippen molar-refractivity contribution >= 4 is 17.4 Å². The van der Waals surface area contributed by atoms with Crippen molar-refractivity contribution in [2.24, 2.45) is 0 Å². The summed E-state index contributed by atoms with van der Waals surface area (Å²) < 4.78 is 4.67. The lowest BCUT2D eigenvalue weighted by molar-refractivity contribution is 0.412. The molecular formula is C8H7ClN4O. The highest BCUT2D eigenvalue weighted by Crippen LogP contribution is 2.07. The zero-order valence-corrected chi connectivity index (χ0v) is 7.90. The Kier molecular flexibility index (Phi) is 2.60. The standard InChI is InChI=1S/C8H7ClN4O/c9-7-1-2-8(12-11-7)10-5-6-3-4-14-13-6/h1-4H,5H2,(H,10,12). The van der Waals surface area contributed by atoms with Gasteiger partial charge >= 0.3 is 0 Å². The predicted octanol–water partition coefficient (Wildman–Crippen LogP) is 1.73. The molecule has 0 aromatic carbocycles. The van der Waals surface area contributed by atoms with Gasteiger partial charge in [-0.2, -0.15) is 0 Å². The molecule has 6 heteroatoms. The van der Waals surface area contributed by atoms with Gasteiger partial charge in [-0.15, -0.1) is 10.2 Å². The van der Waals surface area contributed by atoms with E-state index in [-0.39, 0.29) is 0 Å². The van der Waals surface area contributed by atoms with E-state index in [9.17, 15) is 0 Å². The number of aromatic nitrogens is 3. The Labute approximate surface area is 85.1 Å². The van der Waals surface area contributed by atoms with Crippen LogP contribution in [0, 0.1) is 0 Å². The van der Waals surface area contributed by atoms with Crippen LogP contribution in [0.2, 0.25) is 5.15 Å². The van der Waals surface area contributed by atoms with Gasteiger partial charge in [0.05, 0.1) is 6.54 Å². The molecule has 0 aliphatic heterocycles. The minimum Gasteiger partial charge on any atom is -0.364 e. The van der Waals surface area contributed by atoms with Crippen LogP contribution in [0.15, 0.2) is 29.0 Å². The van der Waals surface area contributed by atoms with E-state index in [4.69, 9.17) is 11.6 Å². The summed E-state index contributed by atoms with van der Waals surface area (Å²) in [6, 6.07) is 5.19. The van der Waals surface area contributed by atoms with E-state index < -0.39 is 0 Å². The van der Waals surface area contributed by atoms with Gasteiger partial charge in [0.25, 0.3) is 0 Å². The molecule has 2 aromatic rings. The highest BCUT2D eigenvalue weighted by Gasteiger charge is 1.98. The summed E-state index contributed by atoms with van der Waals surface area (Å²) in [6.07, 6.45) is 1.52. The van der Waals surface area contributed by atoms with Crippen molar-refractivity contribution in [3.8, 4) is 0 Å². The third kappa shape index (κ3) is 2.20. The lowest BCUT2D eigenvalue weighted by Gasteiger charge is -2.00. The van der Waals surface area contributed by atoms with Crippen molar-refractivity contribution < 1.29 is 4.52 Å². The number of anilines is 1. The molecule has 0 aliphatic rings. The third-order valence-electron chi connectivity index (χ3n) is 1.57. The second kappa shape index (κ2) is 4.06. The molecule has 0 aliphatic carbocycles. The largest absolute Gasteiger partial charge is 0.364 e. The van der Waals surface area contributed by atoms with E-state index in [2.05, 4.69) is 25.2 Å². The first kappa shape index (κ1) is 8.96. The van der Waals surface area contributed by atoms with Crippen LogP contribution in [-0.4, -0.2) is 15.4 Å². The van der Waals surface area contributed by atoms with E-state index >= 15 is 0 Å². The topological polar surface area (TPSA) is 63.8 Å². The average molecular weight is 211 g/mol. The summed E-state index contributed by atoms with van der Waals surface area (Å²) in [7, 11) is 0. The van der Waals surface area contributed by atoms with Crippen LogP contribution >= 0.6 is 11.6 Å². The molecule has 0 saturated carbocycles. The highest BCUT2D eigenvalue weighted by molar-refractivity contribution is 6.29. The summed E-state index contributed by atoms with van der Waals surface area (Å²) in [5.74, 6) is 0.650. The van der Waals surface area contributed by atoms with Crippen LogP contribution in [0.25, 0.3) is 0 Å². The summed E-state index contributed by atoms with van der Waals surface area (Å²) >= 11 is 5.58. The van der Waals surface area contributed by atoms with Crippen LogP contribution in [-0.2, 0) is 6.54 Å². The SMILES string of the molecule is Clc1ccc(NCc2ccon2)nn1. The Morgan fingerprint density at radius 1 is 1.29 bits per heavy atom. The summed E-state index contributed by atoms with van der Waals surface area (Å²) in [6.45, 7) is 0.548. The highest BCUT2D eigenvalue weighted by atomic mass is 35.5. The number of hydrogen-bond donors (Lipinski definition) is 1. The van der Waals surface area contributed by atoms with Gasteiger partial charge in [-0.3, -0.25) is 0 Å². The first-order valence-corrected chi connectivity index (χ1v) is 4.35. The van der Waals surface area contributed by atoms with Crippen molar-refractivity contribution in [1.82, 2.24) is 15.4 Å². The second-order valence-electron chi connectivity index (χ2n) is 2.59.